The van der Waals surface area contributed by atoms with Crippen LogP contribution < -0.4 is 0 Å². The number of halogens is 1. The first-order chi connectivity index (χ1) is 14.5. The SMILES string of the molecule is C=C(/C=C\C(=C)C1=CC(F)=C(C#CC2=Cc3sc(CCC)cc3CC2)CC1)CCC. The molecule has 0 atom stereocenters. The zero-order chi connectivity index (χ0) is 21.5. The molecule has 0 amide bonds. The van der Waals surface area contributed by atoms with Gasteiger partial charge in [-0.1, -0.05) is 69.4 Å². The summed E-state index contributed by atoms with van der Waals surface area (Å²) in [6.45, 7) is 12.5. The number of aryl methyl sites for hydroxylation is 2. The van der Waals surface area contributed by atoms with Crippen molar-refractivity contribution in [2.45, 2.75) is 65.2 Å². The van der Waals surface area contributed by atoms with E-state index in [2.05, 4.69) is 51.0 Å². The minimum atomic E-state index is -0.218. The molecule has 2 aliphatic carbocycles. The van der Waals surface area contributed by atoms with Gasteiger partial charge in [0, 0.05) is 20.9 Å². The second-order valence-corrected chi connectivity index (χ2v) is 9.20. The van der Waals surface area contributed by atoms with E-state index in [4.69, 9.17) is 0 Å². The van der Waals surface area contributed by atoms with Gasteiger partial charge in [-0.3, -0.25) is 0 Å². The molecule has 0 nitrogen and oxygen atoms in total. The summed E-state index contributed by atoms with van der Waals surface area (Å²) in [4.78, 5) is 2.79. The Hall–Kier alpha value is -2.37. The summed E-state index contributed by atoms with van der Waals surface area (Å²) in [7, 11) is 0. The second-order valence-electron chi connectivity index (χ2n) is 8.03. The van der Waals surface area contributed by atoms with Crippen molar-refractivity contribution < 1.29 is 4.39 Å². The number of hydrogen-bond acceptors (Lipinski definition) is 1. The lowest BCUT2D eigenvalue weighted by Crippen LogP contribution is -1.98. The Morgan fingerprint density at radius 2 is 1.90 bits per heavy atom. The Morgan fingerprint density at radius 1 is 1.07 bits per heavy atom. The zero-order valence-electron chi connectivity index (χ0n) is 18.2. The smallest absolute Gasteiger partial charge is 0.135 e. The molecule has 0 N–H and O–H groups in total. The van der Waals surface area contributed by atoms with Crippen molar-refractivity contribution in [1.82, 2.24) is 0 Å². The molecule has 0 unspecified atom stereocenters. The molecule has 0 bridgehead atoms. The van der Waals surface area contributed by atoms with E-state index in [-0.39, 0.29) is 5.83 Å². The molecule has 0 spiro atoms. The minimum absolute atomic E-state index is 0.218. The van der Waals surface area contributed by atoms with Gasteiger partial charge in [-0.25, -0.2) is 4.39 Å². The number of rotatable bonds is 7. The molecular formula is C28H31FS. The lowest BCUT2D eigenvalue weighted by atomic mass is 9.92. The molecule has 0 fully saturated rings. The minimum Gasteiger partial charge on any atom is -0.206 e. The molecule has 2 aliphatic rings. The number of fused-ring (bicyclic) bond motifs is 1. The highest BCUT2D eigenvalue weighted by molar-refractivity contribution is 7.13. The predicted octanol–water partition coefficient (Wildman–Crippen LogP) is 8.45. The van der Waals surface area contributed by atoms with Crippen LogP contribution >= 0.6 is 11.3 Å². The largest absolute Gasteiger partial charge is 0.206 e. The van der Waals surface area contributed by atoms with Crippen LogP contribution in [0.15, 0.2) is 71.1 Å². The van der Waals surface area contributed by atoms with Gasteiger partial charge in [-0.05, 0) is 73.5 Å². The Balaban J connectivity index is 1.70. The predicted molar refractivity (Wildman–Crippen MR) is 130 cm³/mol. The van der Waals surface area contributed by atoms with Gasteiger partial charge < -0.3 is 0 Å². The van der Waals surface area contributed by atoms with E-state index in [9.17, 15) is 4.39 Å². The molecule has 2 heteroatoms. The Morgan fingerprint density at radius 3 is 2.63 bits per heavy atom. The van der Waals surface area contributed by atoms with E-state index in [1.54, 1.807) is 6.08 Å². The van der Waals surface area contributed by atoms with Crippen LogP contribution in [0.4, 0.5) is 4.39 Å². The maximum atomic E-state index is 14.7. The zero-order valence-corrected chi connectivity index (χ0v) is 19.1. The molecule has 1 aromatic rings. The third-order valence-corrected chi connectivity index (χ3v) is 6.65. The maximum Gasteiger partial charge on any atom is 0.135 e. The summed E-state index contributed by atoms with van der Waals surface area (Å²) in [6.07, 6.45) is 15.5. The Kier molecular flexibility index (Phi) is 7.88. The maximum absolute atomic E-state index is 14.7. The van der Waals surface area contributed by atoms with E-state index in [0.29, 0.717) is 12.0 Å². The summed E-state index contributed by atoms with van der Waals surface area (Å²) in [5.74, 6) is 6.14. The Bertz CT molecular complexity index is 1010. The lowest BCUT2D eigenvalue weighted by molar-refractivity contribution is 0.640. The van der Waals surface area contributed by atoms with E-state index in [0.717, 1.165) is 60.8 Å². The Labute approximate surface area is 185 Å². The van der Waals surface area contributed by atoms with Crippen molar-refractivity contribution in [2.24, 2.45) is 0 Å². The highest BCUT2D eigenvalue weighted by atomic mass is 32.1. The van der Waals surface area contributed by atoms with E-state index in [1.165, 1.54) is 21.7 Å². The van der Waals surface area contributed by atoms with Crippen LogP contribution in [-0.2, 0) is 12.8 Å². The van der Waals surface area contributed by atoms with Crippen molar-refractivity contribution in [2.75, 3.05) is 0 Å². The summed E-state index contributed by atoms with van der Waals surface area (Å²) in [5.41, 5.74) is 6.05. The van der Waals surface area contributed by atoms with E-state index < -0.39 is 0 Å². The molecule has 3 rings (SSSR count). The normalized spacial score (nSPS) is 16.0. The number of thiophene rings is 1. The van der Waals surface area contributed by atoms with Crippen molar-refractivity contribution in [3.63, 3.8) is 0 Å². The van der Waals surface area contributed by atoms with Crippen LogP contribution in [0.2, 0.25) is 0 Å². The summed E-state index contributed by atoms with van der Waals surface area (Å²) in [6, 6.07) is 2.35. The van der Waals surface area contributed by atoms with E-state index >= 15 is 0 Å². The van der Waals surface area contributed by atoms with Crippen LogP contribution in [0.3, 0.4) is 0 Å². The molecule has 0 aromatic carbocycles. The number of allylic oxidation sites excluding steroid dienone is 9. The molecule has 1 aromatic heterocycles. The van der Waals surface area contributed by atoms with Crippen molar-refractivity contribution in [1.29, 1.82) is 0 Å². The molecule has 0 saturated heterocycles. The molecule has 30 heavy (non-hydrogen) atoms. The highest BCUT2D eigenvalue weighted by Gasteiger charge is 2.15. The first-order valence-corrected chi connectivity index (χ1v) is 11.8. The topological polar surface area (TPSA) is 0 Å². The van der Waals surface area contributed by atoms with Crippen LogP contribution in [0.25, 0.3) is 6.08 Å². The van der Waals surface area contributed by atoms with Gasteiger partial charge in [-0.2, -0.15) is 0 Å². The average Bonchev–Trinajstić information content (AvgIpc) is 3.13. The average molecular weight is 419 g/mol. The van der Waals surface area contributed by atoms with Gasteiger partial charge in [-0.15, -0.1) is 11.3 Å². The standard InChI is InChI=1S/C28H31FS/c1-5-7-20(3)9-10-21(4)24-16-15-23(27(29)19-24)13-11-22-12-14-25-18-26(8-6-2)30-28(25)17-22/h9-10,17-19H,3-8,12,14-16H2,1-2H3/b10-9-. The first kappa shape index (κ1) is 22.3. The fraction of sp³-hybridized carbons (Fsp3) is 0.357. The van der Waals surface area contributed by atoms with Gasteiger partial charge in [0.15, 0.2) is 0 Å². The highest BCUT2D eigenvalue weighted by Crippen LogP contribution is 2.32. The van der Waals surface area contributed by atoms with Crippen LogP contribution in [0.1, 0.15) is 67.7 Å². The van der Waals surface area contributed by atoms with Gasteiger partial charge >= 0.3 is 0 Å². The first-order valence-electron chi connectivity index (χ1n) is 11.0. The lowest BCUT2D eigenvalue weighted by Gasteiger charge is -2.14. The summed E-state index contributed by atoms with van der Waals surface area (Å²) in [5, 5.41) is 0. The van der Waals surface area contributed by atoms with Crippen LogP contribution in [0.5, 0.6) is 0 Å². The second kappa shape index (κ2) is 10.6. The molecule has 0 saturated carbocycles. The monoisotopic (exact) mass is 418 g/mol. The fourth-order valence-electron chi connectivity index (χ4n) is 3.74. The molecule has 0 aliphatic heterocycles. The van der Waals surface area contributed by atoms with Crippen LogP contribution in [-0.4, -0.2) is 0 Å². The van der Waals surface area contributed by atoms with Gasteiger partial charge in [0.2, 0.25) is 0 Å². The van der Waals surface area contributed by atoms with Gasteiger partial charge in [0.1, 0.15) is 5.83 Å². The molecule has 0 radical (unpaired) electrons. The number of hydrogen-bond donors (Lipinski definition) is 0. The van der Waals surface area contributed by atoms with Gasteiger partial charge in [0.05, 0.1) is 0 Å². The third kappa shape index (κ3) is 5.83. The van der Waals surface area contributed by atoms with Crippen LogP contribution in [0, 0.1) is 11.8 Å². The quantitative estimate of drug-likeness (QED) is 0.308. The summed E-state index contributed by atoms with van der Waals surface area (Å²) < 4.78 is 14.7. The van der Waals surface area contributed by atoms with Crippen molar-refractivity contribution in [3.8, 4) is 11.8 Å². The molecule has 1 heterocycles. The van der Waals surface area contributed by atoms with Crippen molar-refractivity contribution in [3.05, 3.63) is 86.5 Å². The third-order valence-electron chi connectivity index (χ3n) is 5.47. The molecule has 156 valence electrons. The van der Waals surface area contributed by atoms with Gasteiger partial charge in [0.25, 0.3) is 0 Å². The fourth-order valence-corrected chi connectivity index (χ4v) is 5.02. The van der Waals surface area contributed by atoms with Crippen molar-refractivity contribution >= 4 is 17.4 Å². The van der Waals surface area contributed by atoms with E-state index in [1.807, 2.05) is 23.5 Å². The molecular weight excluding hydrogens is 387 g/mol. The summed E-state index contributed by atoms with van der Waals surface area (Å²) >= 11 is 1.88.